The van der Waals surface area contributed by atoms with Crippen molar-refractivity contribution in [1.82, 2.24) is 9.80 Å². The number of amides is 1. The van der Waals surface area contributed by atoms with Crippen LogP contribution in [0.2, 0.25) is 0 Å². The molecule has 1 amide bonds. The predicted octanol–water partition coefficient (Wildman–Crippen LogP) is 1.43. The van der Waals surface area contributed by atoms with E-state index in [4.69, 9.17) is 9.47 Å². The number of hydrogen-bond donors (Lipinski definition) is 1. The molecule has 2 atom stereocenters. The minimum absolute atomic E-state index is 0.0306. The lowest BCUT2D eigenvalue weighted by molar-refractivity contribution is -0.144. The molecule has 2 heterocycles. The molecule has 7 nitrogen and oxygen atoms in total. The van der Waals surface area contributed by atoms with Crippen molar-refractivity contribution in [1.29, 1.82) is 0 Å². The van der Waals surface area contributed by atoms with Crippen LogP contribution in [0.15, 0.2) is 30.3 Å². The number of carbonyl (C=O) groups is 2. The first-order valence-corrected chi connectivity index (χ1v) is 8.63. The third-order valence-corrected chi connectivity index (χ3v) is 4.80. The Hall–Kier alpha value is -2.12. The van der Waals surface area contributed by atoms with E-state index in [0.29, 0.717) is 26.2 Å². The predicted molar refractivity (Wildman–Crippen MR) is 90.1 cm³/mol. The van der Waals surface area contributed by atoms with E-state index in [1.165, 1.54) is 4.90 Å². The molecule has 136 valence electrons. The zero-order valence-electron chi connectivity index (χ0n) is 14.2. The molecule has 2 saturated heterocycles. The summed E-state index contributed by atoms with van der Waals surface area (Å²) in [4.78, 5) is 27.7. The molecule has 1 N–H and O–H groups in total. The number of nitrogens with zero attached hydrogens (tertiary/aromatic N) is 2. The molecular formula is C18H24N2O5. The largest absolute Gasteiger partial charge is 0.481 e. The lowest BCUT2D eigenvalue weighted by atomic mass is 9.93. The fourth-order valence-corrected chi connectivity index (χ4v) is 3.42. The second-order valence-electron chi connectivity index (χ2n) is 6.52. The minimum Gasteiger partial charge on any atom is -0.481 e. The van der Waals surface area contributed by atoms with Crippen molar-refractivity contribution >= 4 is 12.1 Å². The van der Waals surface area contributed by atoms with Gasteiger partial charge in [0.1, 0.15) is 6.61 Å². The number of piperidine rings is 1. The summed E-state index contributed by atoms with van der Waals surface area (Å²) in [5.74, 6) is -1.43. The maximum atomic E-state index is 12.4. The Morgan fingerprint density at radius 3 is 2.56 bits per heavy atom. The van der Waals surface area contributed by atoms with Crippen LogP contribution in [0.1, 0.15) is 12.0 Å². The van der Waals surface area contributed by atoms with Crippen molar-refractivity contribution in [2.75, 3.05) is 39.4 Å². The Bertz CT molecular complexity index is 588. The molecule has 1 aromatic rings. The Labute approximate surface area is 147 Å². The molecule has 2 aliphatic rings. The van der Waals surface area contributed by atoms with Crippen LogP contribution in [0.4, 0.5) is 4.79 Å². The minimum atomic E-state index is -0.862. The molecule has 0 spiro atoms. The van der Waals surface area contributed by atoms with E-state index in [2.05, 4.69) is 4.90 Å². The van der Waals surface area contributed by atoms with E-state index in [1.807, 2.05) is 30.3 Å². The summed E-state index contributed by atoms with van der Waals surface area (Å²) in [6.45, 7) is 3.71. The van der Waals surface area contributed by atoms with E-state index in [9.17, 15) is 14.7 Å². The maximum absolute atomic E-state index is 12.4. The van der Waals surface area contributed by atoms with Gasteiger partial charge in [0.15, 0.2) is 0 Å². The molecule has 1 aromatic carbocycles. The first-order chi connectivity index (χ1) is 12.1. The number of carbonyl (C=O) groups excluding carboxylic acids is 1. The van der Waals surface area contributed by atoms with Crippen LogP contribution in [0, 0.1) is 5.92 Å². The van der Waals surface area contributed by atoms with Gasteiger partial charge in [-0.05, 0) is 12.0 Å². The Morgan fingerprint density at radius 1 is 1.16 bits per heavy atom. The Balaban J connectivity index is 1.61. The third kappa shape index (κ3) is 4.70. The highest BCUT2D eigenvalue weighted by Crippen LogP contribution is 2.23. The number of carboxylic acid groups (broad SMARTS) is 1. The molecule has 2 fully saturated rings. The van der Waals surface area contributed by atoms with Crippen molar-refractivity contribution in [3.8, 4) is 0 Å². The molecular weight excluding hydrogens is 324 g/mol. The van der Waals surface area contributed by atoms with Crippen molar-refractivity contribution in [2.45, 2.75) is 19.1 Å². The topological polar surface area (TPSA) is 79.3 Å². The van der Waals surface area contributed by atoms with Gasteiger partial charge in [0.25, 0.3) is 0 Å². The van der Waals surface area contributed by atoms with Gasteiger partial charge in [-0.25, -0.2) is 4.79 Å². The zero-order chi connectivity index (χ0) is 17.6. The van der Waals surface area contributed by atoms with E-state index in [0.717, 1.165) is 18.7 Å². The number of carboxylic acids is 1. The van der Waals surface area contributed by atoms with Crippen LogP contribution in [0.5, 0.6) is 0 Å². The van der Waals surface area contributed by atoms with Gasteiger partial charge in [-0.15, -0.1) is 0 Å². The molecule has 0 radical (unpaired) electrons. The fraction of sp³-hybridized carbons (Fsp3) is 0.556. The monoisotopic (exact) mass is 348 g/mol. The van der Waals surface area contributed by atoms with Gasteiger partial charge in [0.05, 0.1) is 19.1 Å². The van der Waals surface area contributed by atoms with Gasteiger partial charge in [-0.1, -0.05) is 30.3 Å². The normalized spacial score (nSPS) is 24.7. The van der Waals surface area contributed by atoms with E-state index in [-0.39, 0.29) is 19.2 Å². The second kappa shape index (κ2) is 8.31. The number of hydrogen-bond acceptors (Lipinski definition) is 5. The van der Waals surface area contributed by atoms with Crippen LogP contribution >= 0.6 is 0 Å². The Morgan fingerprint density at radius 2 is 1.88 bits per heavy atom. The fourth-order valence-electron chi connectivity index (χ4n) is 3.42. The van der Waals surface area contributed by atoms with Crippen LogP contribution in [0.25, 0.3) is 0 Å². The van der Waals surface area contributed by atoms with E-state index in [1.54, 1.807) is 0 Å². The summed E-state index contributed by atoms with van der Waals surface area (Å²) >= 11 is 0. The molecule has 7 heteroatoms. The van der Waals surface area contributed by atoms with Crippen molar-refractivity contribution in [3.63, 3.8) is 0 Å². The number of morpholine rings is 1. The third-order valence-electron chi connectivity index (χ3n) is 4.80. The first kappa shape index (κ1) is 17.7. The van der Waals surface area contributed by atoms with Gasteiger partial charge in [0.2, 0.25) is 0 Å². The van der Waals surface area contributed by atoms with Gasteiger partial charge < -0.3 is 19.5 Å². The molecule has 0 aromatic heterocycles. The number of ether oxygens (including phenoxy) is 2. The highest BCUT2D eigenvalue weighted by atomic mass is 16.6. The van der Waals surface area contributed by atoms with Crippen LogP contribution in [-0.4, -0.2) is 72.4 Å². The standard InChI is InChI=1S/C18H24N2O5/c21-17(22)15-10-16(19-6-8-24-9-7-19)12-20(11-15)18(23)25-13-14-4-2-1-3-5-14/h1-5,15-16H,6-13H2,(H,21,22)/t15-,16+/m0/s1. The Kier molecular flexibility index (Phi) is 5.88. The molecule has 2 aliphatic heterocycles. The van der Waals surface area contributed by atoms with E-state index >= 15 is 0 Å². The van der Waals surface area contributed by atoms with Gasteiger partial charge in [-0.3, -0.25) is 9.69 Å². The van der Waals surface area contributed by atoms with Crippen molar-refractivity contribution < 1.29 is 24.2 Å². The van der Waals surface area contributed by atoms with Crippen molar-refractivity contribution in [2.24, 2.45) is 5.92 Å². The number of likely N-dealkylation sites (tertiary alicyclic amines) is 1. The summed E-state index contributed by atoms with van der Waals surface area (Å²) in [5, 5.41) is 9.44. The highest BCUT2D eigenvalue weighted by Gasteiger charge is 2.37. The number of rotatable bonds is 4. The summed E-state index contributed by atoms with van der Waals surface area (Å²) in [7, 11) is 0. The van der Waals surface area contributed by atoms with Crippen LogP contribution < -0.4 is 0 Å². The summed E-state index contributed by atoms with van der Waals surface area (Å²) in [5.41, 5.74) is 0.910. The molecule has 0 bridgehead atoms. The summed E-state index contributed by atoms with van der Waals surface area (Å²) in [6.07, 6.45) is 0.103. The molecule has 0 saturated carbocycles. The molecule has 0 unspecified atom stereocenters. The van der Waals surface area contributed by atoms with Gasteiger partial charge >= 0.3 is 12.1 Å². The summed E-state index contributed by atoms with van der Waals surface area (Å²) in [6, 6.07) is 9.49. The second-order valence-corrected chi connectivity index (χ2v) is 6.52. The average Bonchev–Trinajstić information content (AvgIpc) is 2.67. The van der Waals surface area contributed by atoms with Gasteiger partial charge in [0, 0.05) is 32.2 Å². The van der Waals surface area contributed by atoms with Gasteiger partial charge in [-0.2, -0.15) is 0 Å². The SMILES string of the molecule is O=C(O)[C@H]1C[C@@H](N2CCOCC2)CN(C(=O)OCc2ccccc2)C1. The van der Waals surface area contributed by atoms with Crippen LogP contribution in [0.3, 0.4) is 0 Å². The van der Waals surface area contributed by atoms with E-state index < -0.39 is 18.0 Å². The number of aliphatic carboxylic acids is 1. The molecule has 0 aliphatic carbocycles. The molecule has 25 heavy (non-hydrogen) atoms. The van der Waals surface area contributed by atoms with Crippen molar-refractivity contribution in [3.05, 3.63) is 35.9 Å². The summed E-state index contributed by atoms with van der Waals surface area (Å²) < 4.78 is 10.7. The number of benzene rings is 1. The maximum Gasteiger partial charge on any atom is 0.410 e. The lowest BCUT2D eigenvalue weighted by Crippen LogP contribution is -2.56. The lowest BCUT2D eigenvalue weighted by Gasteiger charge is -2.42. The molecule has 3 rings (SSSR count). The zero-order valence-corrected chi connectivity index (χ0v) is 14.2. The first-order valence-electron chi connectivity index (χ1n) is 8.63. The average molecular weight is 348 g/mol. The highest BCUT2D eigenvalue weighted by molar-refractivity contribution is 5.73. The smallest absolute Gasteiger partial charge is 0.410 e. The quantitative estimate of drug-likeness (QED) is 0.887. The van der Waals surface area contributed by atoms with Crippen LogP contribution in [-0.2, 0) is 20.9 Å².